The molecule has 1 saturated carbocycles. The minimum absolute atomic E-state index is 0.263. The Bertz CT molecular complexity index is 754. The van der Waals surface area contributed by atoms with Crippen molar-refractivity contribution < 1.29 is 81.4 Å². The number of rotatable bonds is 15. The minimum Gasteiger partial charge on any atom is -0.394 e. The lowest BCUT2D eigenvalue weighted by atomic mass is 9.85. The van der Waals surface area contributed by atoms with E-state index in [9.17, 15) is 39.0 Å². The van der Waals surface area contributed by atoms with Crippen LogP contribution in [0.25, 0.3) is 0 Å². The predicted molar refractivity (Wildman–Crippen MR) is 109 cm³/mol. The van der Waals surface area contributed by atoms with Crippen LogP contribution >= 0.6 is 23.5 Å². The zero-order valence-corrected chi connectivity index (χ0v) is 20.6. The van der Waals surface area contributed by atoms with E-state index in [1.54, 1.807) is 0 Å². The molecule has 1 rings (SSSR count). The standard InChI is InChI=1S/C14H31O17P3/c1-2-3-4-5-27-7-8(6-15)28-34(25,26)31-12-9(16)10(17)13(29-32(19,20)21)14(11(12)18)30-33(22,23)24/h8-18H,2-7H2,1H3,(H,25,26)(H2,19,20,21)(H2,22,23,24)/t8-,9?,10?,11?,12?,13?,14?/m0/s1. The Labute approximate surface area is 194 Å². The molecule has 7 unspecified atom stereocenters. The Hall–Kier alpha value is 0.130. The van der Waals surface area contributed by atoms with Crippen molar-refractivity contribution in [2.45, 2.75) is 68.9 Å². The Morgan fingerprint density at radius 1 is 0.765 bits per heavy atom. The zero-order valence-electron chi connectivity index (χ0n) is 17.9. The van der Waals surface area contributed by atoms with Gasteiger partial charge in [-0.15, -0.1) is 0 Å². The van der Waals surface area contributed by atoms with Gasteiger partial charge in [0.2, 0.25) is 0 Å². The van der Waals surface area contributed by atoms with E-state index in [1.165, 1.54) is 0 Å². The molecule has 9 N–H and O–H groups in total. The maximum absolute atomic E-state index is 12.4. The maximum atomic E-state index is 12.4. The SMILES string of the molecule is CCCCCOC[C@H](CO)OP(=O)(O)OC1C(O)C(O)C(OP(=O)(O)O)C(OP(=O)(O)O)C1O. The van der Waals surface area contributed by atoms with Crippen molar-refractivity contribution in [1.82, 2.24) is 0 Å². The Balaban J connectivity index is 3.00. The average Bonchev–Trinajstić information content (AvgIpc) is 2.69. The van der Waals surface area contributed by atoms with Gasteiger partial charge in [0.1, 0.15) is 42.7 Å². The number of phosphoric acid groups is 3. The fraction of sp³-hybridized carbons (Fsp3) is 1.00. The highest BCUT2D eigenvalue weighted by atomic mass is 31.2. The molecule has 20 heteroatoms. The van der Waals surface area contributed by atoms with Crippen LogP contribution in [0.5, 0.6) is 0 Å². The quantitative estimate of drug-likeness (QED) is 0.0776. The molecule has 17 nitrogen and oxygen atoms in total. The van der Waals surface area contributed by atoms with Gasteiger partial charge < -0.3 is 49.6 Å². The van der Waals surface area contributed by atoms with Crippen LogP contribution in [0, 0.1) is 0 Å². The molecule has 34 heavy (non-hydrogen) atoms. The molecule has 0 heterocycles. The van der Waals surface area contributed by atoms with Gasteiger partial charge in [-0.2, -0.15) is 0 Å². The molecule has 0 amide bonds. The molecule has 0 aromatic rings. The van der Waals surface area contributed by atoms with E-state index in [2.05, 4.69) is 13.6 Å². The summed E-state index contributed by atoms with van der Waals surface area (Å²) in [6.07, 6.45) is -13.4. The minimum atomic E-state index is -5.50. The summed E-state index contributed by atoms with van der Waals surface area (Å²) in [5.41, 5.74) is 0. The molecule has 0 aromatic carbocycles. The highest BCUT2D eigenvalue weighted by molar-refractivity contribution is 7.47. The van der Waals surface area contributed by atoms with E-state index in [4.69, 9.17) is 28.8 Å². The number of ether oxygens (including phenoxy) is 1. The molecule has 1 fully saturated rings. The first kappa shape index (κ1) is 32.2. The van der Waals surface area contributed by atoms with Crippen LogP contribution in [-0.4, -0.2) is 107 Å². The summed E-state index contributed by atoms with van der Waals surface area (Å²) in [4.78, 5) is 46.0. The third-order valence-corrected chi connectivity index (χ3v) is 6.59. The molecule has 0 radical (unpaired) electrons. The second-order valence-electron chi connectivity index (χ2n) is 7.32. The zero-order chi connectivity index (χ0) is 26.3. The molecule has 8 atom stereocenters. The predicted octanol–water partition coefficient (Wildman–Crippen LogP) is -1.89. The van der Waals surface area contributed by atoms with Crippen LogP contribution in [0.1, 0.15) is 26.2 Å². The van der Waals surface area contributed by atoms with Gasteiger partial charge in [0.15, 0.2) is 0 Å². The largest absolute Gasteiger partial charge is 0.473 e. The van der Waals surface area contributed by atoms with Crippen LogP contribution < -0.4 is 0 Å². The Morgan fingerprint density at radius 2 is 1.26 bits per heavy atom. The van der Waals surface area contributed by atoms with Gasteiger partial charge in [-0.3, -0.25) is 18.1 Å². The number of hydrogen-bond donors (Lipinski definition) is 9. The van der Waals surface area contributed by atoms with Crippen molar-refractivity contribution in [3.05, 3.63) is 0 Å². The normalized spacial score (nSPS) is 31.2. The van der Waals surface area contributed by atoms with Crippen LogP contribution in [0.15, 0.2) is 0 Å². The summed E-state index contributed by atoms with van der Waals surface area (Å²) in [7, 11) is -16.2. The third kappa shape index (κ3) is 11.0. The van der Waals surface area contributed by atoms with Crippen molar-refractivity contribution in [2.75, 3.05) is 19.8 Å². The molecule has 0 bridgehead atoms. The van der Waals surface area contributed by atoms with E-state index in [0.29, 0.717) is 6.42 Å². The van der Waals surface area contributed by atoms with Crippen LogP contribution in [0.2, 0.25) is 0 Å². The van der Waals surface area contributed by atoms with Gasteiger partial charge in [0.05, 0.1) is 13.2 Å². The van der Waals surface area contributed by atoms with Crippen molar-refractivity contribution >= 4 is 23.5 Å². The van der Waals surface area contributed by atoms with Gasteiger partial charge in [0.25, 0.3) is 0 Å². The summed E-state index contributed by atoms with van der Waals surface area (Å²) >= 11 is 0. The van der Waals surface area contributed by atoms with Gasteiger partial charge in [-0.25, -0.2) is 13.7 Å². The topological polar surface area (TPSA) is 279 Å². The van der Waals surface area contributed by atoms with E-state index >= 15 is 0 Å². The van der Waals surface area contributed by atoms with Crippen molar-refractivity contribution in [3.8, 4) is 0 Å². The summed E-state index contributed by atoms with van der Waals surface area (Å²) in [5.74, 6) is 0. The first-order valence-corrected chi connectivity index (χ1v) is 14.5. The van der Waals surface area contributed by atoms with Crippen LogP contribution in [0.4, 0.5) is 0 Å². The molecule has 0 saturated heterocycles. The number of hydrogen-bond acceptors (Lipinski definition) is 12. The third-order valence-electron chi connectivity index (χ3n) is 4.47. The number of unbranched alkanes of at least 4 members (excludes halogenated alkanes) is 2. The van der Waals surface area contributed by atoms with Crippen LogP contribution in [0.3, 0.4) is 0 Å². The fourth-order valence-electron chi connectivity index (χ4n) is 3.01. The first-order chi connectivity index (χ1) is 15.5. The van der Waals surface area contributed by atoms with Gasteiger partial charge in [-0.05, 0) is 6.42 Å². The molecular formula is C14H31O17P3. The lowest BCUT2D eigenvalue weighted by Gasteiger charge is -2.44. The van der Waals surface area contributed by atoms with Gasteiger partial charge in [0, 0.05) is 6.61 Å². The molecule has 0 aliphatic heterocycles. The molecule has 204 valence electrons. The number of aliphatic hydroxyl groups is 4. The van der Waals surface area contributed by atoms with E-state index in [1.807, 2.05) is 6.92 Å². The monoisotopic (exact) mass is 564 g/mol. The maximum Gasteiger partial charge on any atom is 0.473 e. The fourth-order valence-corrected chi connectivity index (χ4v) is 5.24. The van der Waals surface area contributed by atoms with Crippen LogP contribution in [-0.2, 0) is 36.5 Å². The van der Waals surface area contributed by atoms with E-state index in [0.717, 1.165) is 12.8 Å². The summed E-state index contributed by atoms with van der Waals surface area (Å²) in [5, 5.41) is 40.0. The average molecular weight is 564 g/mol. The van der Waals surface area contributed by atoms with Crippen molar-refractivity contribution in [1.29, 1.82) is 0 Å². The Kier molecular flexibility index (Phi) is 12.9. The smallest absolute Gasteiger partial charge is 0.394 e. The molecule has 1 aliphatic carbocycles. The summed E-state index contributed by atoms with van der Waals surface area (Å²) < 4.78 is 57.8. The lowest BCUT2D eigenvalue weighted by molar-refractivity contribution is -0.213. The van der Waals surface area contributed by atoms with E-state index in [-0.39, 0.29) is 13.2 Å². The molecule has 1 aliphatic rings. The van der Waals surface area contributed by atoms with Gasteiger partial charge in [-0.1, -0.05) is 19.8 Å². The van der Waals surface area contributed by atoms with E-state index < -0.39 is 72.8 Å². The summed E-state index contributed by atoms with van der Waals surface area (Å²) in [6.45, 7) is 1.08. The second kappa shape index (κ2) is 13.6. The first-order valence-electron chi connectivity index (χ1n) is 9.91. The van der Waals surface area contributed by atoms with Crippen molar-refractivity contribution in [2.24, 2.45) is 0 Å². The highest BCUT2D eigenvalue weighted by Gasteiger charge is 2.56. The van der Waals surface area contributed by atoms with Gasteiger partial charge >= 0.3 is 23.5 Å². The van der Waals surface area contributed by atoms with Crippen molar-refractivity contribution in [3.63, 3.8) is 0 Å². The molecular weight excluding hydrogens is 533 g/mol. The molecule has 0 spiro atoms. The lowest BCUT2D eigenvalue weighted by Crippen LogP contribution is -2.65. The number of phosphoric ester groups is 3. The second-order valence-corrected chi connectivity index (χ2v) is 11.1. The summed E-state index contributed by atoms with van der Waals surface area (Å²) in [6, 6.07) is 0. The number of aliphatic hydroxyl groups excluding tert-OH is 4. The Morgan fingerprint density at radius 3 is 1.74 bits per heavy atom. The highest BCUT2D eigenvalue weighted by Crippen LogP contribution is 2.51. The molecule has 0 aromatic heterocycles.